The molecule has 2 fully saturated rings. The number of carboxylic acid groups (broad SMARTS) is 1. The van der Waals surface area contributed by atoms with Gasteiger partial charge in [0.1, 0.15) is 0 Å². The molecule has 2 unspecified atom stereocenters. The Morgan fingerprint density at radius 1 is 1.00 bits per heavy atom. The molecule has 0 aromatic heterocycles. The number of aliphatic hydroxyl groups is 2. The van der Waals surface area contributed by atoms with Crippen LogP contribution in [0.15, 0.2) is 0 Å². The van der Waals surface area contributed by atoms with E-state index in [1.165, 1.54) is 4.90 Å². The van der Waals surface area contributed by atoms with Crippen molar-refractivity contribution in [1.29, 1.82) is 0 Å². The molecule has 0 bridgehead atoms. The molecule has 1 saturated heterocycles. The van der Waals surface area contributed by atoms with Crippen LogP contribution in [0, 0.1) is 5.41 Å². The van der Waals surface area contributed by atoms with Gasteiger partial charge in [0.2, 0.25) is 5.91 Å². The number of aliphatic carboxylic acids is 1. The summed E-state index contributed by atoms with van der Waals surface area (Å²) in [5.74, 6) is -1.01. The molecule has 2 aliphatic rings. The number of hydrogen-bond donors (Lipinski definition) is 3. The standard InChI is InChI=1S/C14H23NO5/c16-10-8-15(9-11(10)17)12(18)6-14(7-13(19)20)4-2-1-3-5-14/h10-11,16-17H,1-9H2,(H,19,20). The predicted molar refractivity (Wildman–Crippen MR) is 71.0 cm³/mol. The Labute approximate surface area is 118 Å². The molecule has 6 heteroatoms. The van der Waals surface area contributed by atoms with Crippen LogP contribution in [-0.4, -0.2) is 57.4 Å². The summed E-state index contributed by atoms with van der Waals surface area (Å²) in [5, 5.41) is 28.1. The van der Waals surface area contributed by atoms with Gasteiger partial charge < -0.3 is 20.2 Å². The number of β-amino-alcohol motifs (C(OH)–C–C–N with tert-alkyl or cyclic N) is 2. The van der Waals surface area contributed by atoms with Crippen molar-refractivity contribution in [1.82, 2.24) is 4.90 Å². The van der Waals surface area contributed by atoms with Gasteiger partial charge in [0.25, 0.3) is 0 Å². The van der Waals surface area contributed by atoms with Crippen LogP contribution in [0.3, 0.4) is 0 Å². The highest BCUT2D eigenvalue weighted by Crippen LogP contribution is 2.42. The molecule has 1 saturated carbocycles. The van der Waals surface area contributed by atoms with E-state index in [0.717, 1.165) is 32.1 Å². The Morgan fingerprint density at radius 3 is 2.05 bits per heavy atom. The second-order valence-electron chi connectivity index (χ2n) is 6.24. The highest BCUT2D eigenvalue weighted by Gasteiger charge is 2.40. The molecule has 1 aliphatic carbocycles. The zero-order valence-electron chi connectivity index (χ0n) is 11.6. The first-order valence-corrected chi connectivity index (χ1v) is 7.28. The number of carboxylic acids is 1. The Morgan fingerprint density at radius 2 is 1.55 bits per heavy atom. The van der Waals surface area contributed by atoms with E-state index in [-0.39, 0.29) is 31.8 Å². The van der Waals surface area contributed by atoms with Gasteiger partial charge in [-0.3, -0.25) is 9.59 Å². The number of amides is 1. The molecule has 0 aromatic rings. The van der Waals surface area contributed by atoms with Crippen LogP contribution in [0.1, 0.15) is 44.9 Å². The van der Waals surface area contributed by atoms with Crippen molar-refractivity contribution in [2.24, 2.45) is 5.41 Å². The normalized spacial score (nSPS) is 29.4. The number of likely N-dealkylation sites (tertiary alicyclic amines) is 1. The van der Waals surface area contributed by atoms with E-state index in [0.29, 0.717) is 0 Å². The summed E-state index contributed by atoms with van der Waals surface area (Å²) in [6.07, 6.45) is 3.01. The van der Waals surface area contributed by atoms with Crippen LogP contribution in [-0.2, 0) is 9.59 Å². The fraction of sp³-hybridized carbons (Fsp3) is 0.857. The minimum atomic E-state index is -0.888. The molecule has 2 rings (SSSR count). The van der Waals surface area contributed by atoms with Crippen LogP contribution < -0.4 is 0 Å². The van der Waals surface area contributed by atoms with Crippen LogP contribution in [0.4, 0.5) is 0 Å². The summed E-state index contributed by atoms with van der Waals surface area (Å²) >= 11 is 0. The van der Waals surface area contributed by atoms with Crippen LogP contribution >= 0.6 is 0 Å². The fourth-order valence-electron chi connectivity index (χ4n) is 3.44. The number of carbonyl (C=O) groups excluding carboxylic acids is 1. The Hall–Kier alpha value is -1.14. The molecule has 0 radical (unpaired) electrons. The highest BCUT2D eigenvalue weighted by atomic mass is 16.4. The van der Waals surface area contributed by atoms with Crippen LogP contribution in [0.2, 0.25) is 0 Å². The Balaban J connectivity index is 2.00. The maximum Gasteiger partial charge on any atom is 0.303 e. The largest absolute Gasteiger partial charge is 0.481 e. The van der Waals surface area contributed by atoms with Gasteiger partial charge in [0.15, 0.2) is 0 Å². The van der Waals surface area contributed by atoms with E-state index < -0.39 is 23.6 Å². The molecule has 0 spiro atoms. The van der Waals surface area contributed by atoms with Gasteiger partial charge >= 0.3 is 5.97 Å². The number of hydrogen-bond acceptors (Lipinski definition) is 4. The molecule has 20 heavy (non-hydrogen) atoms. The van der Waals surface area contributed by atoms with Gasteiger partial charge in [-0.2, -0.15) is 0 Å². The average Bonchev–Trinajstić information content (AvgIpc) is 2.69. The lowest BCUT2D eigenvalue weighted by Gasteiger charge is -2.36. The summed E-state index contributed by atoms with van der Waals surface area (Å²) in [7, 11) is 0. The van der Waals surface area contributed by atoms with Gasteiger partial charge in [-0.1, -0.05) is 19.3 Å². The zero-order chi connectivity index (χ0) is 14.8. The van der Waals surface area contributed by atoms with Crippen molar-refractivity contribution in [2.75, 3.05) is 13.1 Å². The minimum absolute atomic E-state index is 0.0255. The van der Waals surface area contributed by atoms with Crippen molar-refractivity contribution >= 4 is 11.9 Å². The van der Waals surface area contributed by atoms with Crippen molar-refractivity contribution < 1.29 is 24.9 Å². The minimum Gasteiger partial charge on any atom is -0.481 e. The van der Waals surface area contributed by atoms with Gasteiger partial charge in [-0.15, -0.1) is 0 Å². The number of aliphatic hydroxyl groups excluding tert-OH is 2. The highest BCUT2D eigenvalue weighted by molar-refractivity contribution is 5.78. The first kappa shape index (κ1) is 15.3. The third-order valence-corrected chi connectivity index (χ3v) is 4.58. The first-order chi connectivity index (χ1) is 9.42. The van der Waals surface area contributed by atoms with Crippen LogP contribution in [0.25, 0.3) is 0 Å². The maximum absolute atomic E-state index is 12.3. The Kier molecular flexibility index (Phi) is 4.65. The van der Waals surface area contributed by atoms with Gasteiger partial charge in [0.05, 0.1) is 18.6 Å². The Bertz CT molecular complexity index is 368. The third-order valence-electron chi connectivity index (χ3n) is 4.58. The summed E-state index contributed by atoms with van der Waals surface area (Å²) in [5.41, 5.74) is -0.445. The lowest BCUT2D eigenvalue weighted by atomic mass is 9.69. The third kappa shape index (κ3) is 3.49. The first-order valence-electron chi connectivity index (χ1n) is 7.28. The number of rotatable bonds is 4. The molecule has 6 nitrogen and oxygen atoms in total. The summed E-state index contributed by atoms with van der Waals surface area (Å²) in [4.78, 5) is 24.8. The number of nitrogens with zero attached hydrogens (tertiary/aromatic N) is 1. The van der Waals surface area contributed by atoms with E-state index in [1.807, 2.05) is 0 Å². The van der Waals surface area contributed by atoms with E-state index in [4.69, 9.17) is 5.11 Å². The average molecular weight is 285 g/mol. The summed E-state index contributed by atoms with van der Waals surface area (Å²) in [6.45, 7) is 0.284. The molecule has 2 atom stereocenters. The quantitative estimate of drug-likeness (QED) is 0.693. The molecule has 3 N–H and O–H groups in total. The van der Waals surface area contributed by atoms with E-state index in [9.17, 15) is 19.8 Å². The monoisotopic (exact) mass is 285 g/mol. The molecule has 1 heterocycles. The second-order valence-corrected chi connectivity index (χ2v) is 6.24. The van der Waals surface area contributed by atoms with E-state index in [1.54, 1.807) is 0 Å². The van der Waals surface area contributed by atoms with E-state index >= 15 is 0 Å². The molecule has 0 aromatic carbocycles. The molecule has 1 aliphatic heterocycles. The molecular formula is C14H23NO5. The van der Waals surface area contributed by atoms with Gasteiger partial charge in [0, 0.05) is 19.5 Å². The van der Waals surface area contributed by atoms with Crippen molar-refractivity contribution in [3.05, 3.63) is 0 Å². The van der Waals surface area contributed by atoms with Crippen LogP contribution in [0.5, 0.6) is 0 Å². The molecule has 1 amide bonds. The lowest BCUT2D eigenvalue weighted by Crippen LogP contribution is -2.37. The van der Waals surface area contributed by atoms with Crippen molar-refractivity contribution in [3.63, 3.8) is 0 Å². The molecular weight excluding hydrogens is 262 g/mol. The van der Waals surface area contributed by atoms with Gasteiger partial charge in [-0.05, 0) is 18.3 Å². The van der Waals surface area contributed by atoms with Crippen molar-refractivity contribution in [3.8, 4) is 0 Å². The predicted octanol–water partition coefficient (Wildman–Crippen LogP) is 0.366. The van der Waals surface area contributed by atoms with Gasteiger partial charge in [-0.25, -0.2) is 0 Å². The summed E-state index contributed by atoms with van der Waals surface area (Å²) < 4.78 is 0. The van der Waals surface area contributed by atoms with E-state index in [2.05, 4.69) is 0 Å². The maximum atomic E-state index is 12.3. The SMILES string of the molecule is O=C(O)CC1(CC(=O)N2CC(O)C(O)C2)CCCCC1. The van der Waals surface area contributed by atoms with Crippen molar-refractivity contribution in [2.45, 2.75) is 57.2 Å². The fourth-order valence-corrected chi connectivity index (χ4v) is 3.44. The lowest BCUT2D eigenvalue weighted by molar-refractivity contribution is -0.142. The number of carbonyl (C=O) groups is 2. The summed E-state index contributed by atoms with van der Waals surface area (Å²) in [6, 6.07) is 0. The molecule has 114 valence electrons. The zero-order valence-corrected chi connectivity index (χ0v) is 11.6. The smallest absolute Gasteiger partial charge is 0.303 e. The second kappa shape index (κ2) is 6.10. The topological polar surface area (TPSA) is 98.1 Å².